The Morgan fingerprint density at radius 3 is 2.00 bits per heavy atom. The number of benzene rings is 3. The highest BCUT2D eigenvalue weighted by atomic mass is 16.5. The second-order valence-electron chi connectivity index (χ2n) is 7.11. The van der Waals surface area contributed by atoms with Crippen LogP contribution < -0.4 is 11.1 Å². The predicted octanol–water partition coefficient (Wildman–Crippen LogP) is 3.62. The quantitative estimate of drug-likeness (QED) is 0.679. The number of fused-ring (bicyclic) bond motifs is 3. The Hall–Kier alpha value is -3.60. The summed E-state index contributed by atoms with van der Waals surface area (Å²) in [5, 5.41) is 2.60. The molecule has 5 nitrogen and oxygen atoms in total. The molecule has 5 heteroatoms. The van der Waals surface area contributed by atoms with E-state index in [-0.39, 0.29) is 12.5 Å². The molecule has 0 unspecified atom stereocenters. The highest BCUT2D eigenvalue weighted by Gasteiger charge is 2.29. The van der Waals surface area contributed by atoms with Crippen LogP contribution in [0.5, 0.6) is 0 Å². The number of nitrogens with one attached hydrogen (secondary N) is 1. The lowest BCUT2D eigenvalue weighted by molar-refractivity contribution is -0.119. The molecule has 29 heavy (non-hydrogen) atoms. The van der Waals surface area contributed by atoms with Gasteiger partial charge in [-0.3, -0.25) is 4.79 Å². The van der Waals surface area contributed by atoms with Crippen LogP contribution in [0.1, 0.15) is 22.6 Å². The Kier molecular flexibility index (Phi) is 5.29. The number of hydrogen-bond donors (Lipinski definition) is 2. The van der Waals surface area contributed by atoms with E-state index in [1.807, 2.05) is 54.6 Å². The summed E-state index contributed by atoms with van der Waals surface area (Å²) in [6.45, 7) is 0.191. The van der Waals surface area contributed by atoms with E-state index >= 15 is 0 Å². The van der Waals surface area contributed by atoms with E-state index in [1.54, 1.807) is 0 Å². The van der Waals surface area contributed by atoms with Gasteiger partial charge in [-0.25, -0.2) is 4.79 Å². The minimum atomic E-state index is -0.826. The second-order valence-corrected chi connectivity index (χ2v) is 7.11. The van der Waals surface area contributed by atoms with Crippen molar-refractivity contribution in [2.24, 2.45) is 5.73 Å². The average molecular weight is 386 g/mol. The highest BCUT2D eigenvalue weighted by Crippen LogP contribution is 2.44. The number of carbonyl (C=O) groups excluding carboxylic acids is 2. The van der Waals surface area contributed by atoms with Gasteiger partial charge >= 0.3 is 6.09 Å². The number of rotatable bonds is 6. The molecule has 0 saturated heterocycles. The van der Waals surface area contributed by atoms with Gasteiger partial charge in [0.15, 0.2) is 0 Å². The van der Waals surface area contributed by atoms with Crippen LogP contribution >= 0.6 is 0 Å². The van der Waals surface area contributed by atoms with E-state index in [0.29, 0.717) is 6.42 Å². The molecule has 1 aliphatic rings. The Bertz CT molecular complexity index is 988. The summed E-state index contributed by atoms with van der Waals surface area (Å²) < 4.78 is 5.50. The molecule has 3 N–H and O–H groups in total. The fourth-order valence-corrected chi connectivity index (χ4v) is 3.85. The van der Waals surface area contributed by atoms with Crippen molar-refractivity contribution in [2.45, 2.75) is 18.4 Å². The monoisotopic (exact) mass is 386 g/mol. The molecule has 2 amide bonds. The second kappa shape index (κ2) is 8.19. The lowest BCUT2D eigenvalue weighted by atomic mass is 9.98. The minimum Gasteiger partial charge on any atom is -0.449 e. The van der Waals surface area contributed by atoms with Gasteiger partial charge in [-0.15, -0.1) is 0 Å². The summed E-state index contributed by atoms with van der Waals surface area (Å²) in [5.74, 6) is -0.628. The Morgan fingerprint density at radius 1 is 0.862 bits per heavy atom. The fraction of sp³-hybridized carbons (Fsp3) is 0.167. The van der Waals surface area contributed by atoms with E-state index in [2.05, 4.69) is 29.6 Å². The number of nitrogens with two attached hydrogens (primary N) is 1. The van der Waals surface area contributed by atoms with Gasteiger partial charge in [0.25, 0.3) is 0 Å². The van der Waals surface area contributed by atoms with Crippen LogP contribution in [0.4, 0.5) is 4.79 Å². The summed E-state index contributed by atoms with van der Waals surface area (Å²) >= 11 is 0. The number of amides is 2. The third-order valence-corrected chi connectivity index (χ3v) is 5.26. The summed E-state index contributed by atoms with van der Waals surface area (Å²) in [4.78, 5) is 24.2. The molecule has 0 saturated carbocycles. The number of carbonyl (C=O) groups is 2. The Balaban J connectivity index is 1.43. The molecule has 3 aromatic carbocycles. The maximum Gasteiger partial charge on any atom is 0.407 e. The van der Waals surface area contributed by atoms with Crippen molar-refractivity contribution in [3.05, 3.63) is 95.6 Å². The zero-order chi connectivity index (χ0) is 20.2. The third-order valence-electron chi connectivity index (χ3n) is 5.26. The van der Waals surface area contributed by atoms with Crippen LogP contribution in [0.15, 0.2) is 78.9 Å². The van der Waals surface area contributed by atoms with Crippen molar-refractivity contribution in [3.63, 3.8) is 0 Å². The number of primary amides is 1. The van der Waals surface area contributed by atoms with Crippen molar-refractivity contribution in [2.75, 3.05) is 6.61 Å². The van der Waals surface area contributed by atoms with Crippen molar-refractivity contribution in [1.29, 1.82) is 0 Å². The number of ether oxygens (including phenoxy) is 1. The van der Waals surface area contributed by atoms with E-state index in [4.69, 9.17) is 10.5 Å². The lowest BCUT2D eigenvalue weighted by Crippen LogP contribution is -2.46. The van der Waals surface area contributed by atoms with Crippen LogP contribution in [0.2, 0.25) is 0 Å². The SMILES string of the molecule is NC(=O)[C@@H](Cc1ccccc1)NC(=O)OCC1c2ccccc2-c2ccccc21. The zero-order valence-electron chi connectivity index (χ0n) is 15.9. The molecule has 4 rings (SSSR count). The molecular formula is C24H22N2O3. The smallest absolute Gasteiger partial charge is 0.407 e. The molecule has 0 spiro atoms. The maximum absolute atomic E-state index is 12.4. The molecular weight excluding hydrogens is 364 g/mol. The molecule has 0 aliphatic heterocycles. The molecule has 1 atom stereocenters. The molecule has 146 valence electrons. The summed E-state index contributed by atoms with van der Waals surface area (Å²) in [7, 11) is 0. The topological polar surface area (TPSA) is 81.4 Å². The van der Waals surface area contributed by atoms with E-state index in [9.17, 15) is 9.59 Å². The summed E-state index contributed by atoms with van der Waals surface area (Å²) in [5.41, 5.74) is 11.0. The fourth-order valence-electron chi connectivity index (χ4n) is 3.85. The number of alkyl carbamates (subject to hydrolysis) is 1. The van der Waals surface area contributed by atoms with Crippen molar-refractivity contribution in [3.8, 4) is 11.1 Å². The molecule has 0 bridgehead atoms. The third kappa shape index (κ3) is 3.99. The van der Waals surface area contributed by atoms with Crippen molar-refractivity contribution in [1.82, 2.24) is 5.32 Å². The van der Waals surface area contributed by atoms with Crippen molar-refractivity contribution < 1.29 is 14.3 Å². The molecule has 0 radical (unpaired) electrons. The van der Waals surface area contributed by atoms with Crippen LogP contribution in [0, 0.1) is 0 Å². The van der Waals surface area contributed by atoms with Gasteiger partial charge in [0.05, 0.1) is 0 Å². The first-order chi connectivity index (χ1) is 14.1. The summed E-state index contributed by atoms with van der Waals surface area (Å²) in [6, 6.07) is 24.8. The van der Waals surface area contributed by atoms with Crippen LogP contribution in [0.3, 0.4) is 0 Å². The molecule has 3 aromatic rings. The molecule has 0 aromatic heterocycles. The van der Waals surface area contributed by atoms with Gasteiger partial charge < -0.3 is 15.8 Å². The normalized spacial score (nSPS) is 13.2. The zero-order valence-corrected chi connectivity index (χ0v) is 15.9. The van der Waals surface area contributed by atoms with Gasteiger partial charge in [-0.2, -0.15) is 0 Å². The Labute approximate surface area is 169 Å². The number of hydrogen-bond acceptors (Lipinski definition) is 3. The van der Waals surface area contributed by atoms with E-state index in [0.717, 1.165) is 27.8 Å². The van der Waals surface area contributed by atoms with Gasteiger partial charge in [0.2, 0.25) is 5.91 Å². The van der Waals surface area contributed by atoms with Gasteiger partial charge in [0, 0.05) is 12.3 Å². The highest BCUT2D eigenvalue weighted by molar-refractivity contribution is 5.84. The standard InChI is InChI=1S/C24H22N2O3/c25-23(27)22(14-16-8-2-1-3-9-16)26-24(28)29-15-21-19-12-6-4-10-17(19)18-11-5-7-13-20(18)21/h1-13,21-22H,14-15H2,(H2,25,27)(H,26,28)/t22-/m1/s1. The van der Waals surface area contributed by atoms with Crippen LogP contribution in [0.25, 0.3) is 11.1 Å². The van der Waals surface area contributed by atoms with E-state index in [1.165, 1.54) is 0 Å². The predicted molar refractivity (Wildman–Crippen MR) is 111 cm³/mol. The van der Waals surface area contributed by atoms with Gasteiger partial charge in [0.1, 0.15) is 12.6 Å². The molecule has 1 aliphatic carbocycles. The lowest BCUT2D eigenvalue weighted by Gasteiger charge is -2.18. The maximum atomic E-state index is 12.4. The minimum absolute atomic E-state index is 0.0331. The first-order valence-corrected chi connectivity index (χ1v) is 9.58. The Morgan fingerprint density at radius 2 is 1.41 bits per heavy atom. The average Bonchev–Trinajstić information content (AvgIpc) is 3.06. The van der Waals surface area contributed by atoms with Crippen LogP contribution in [-0.4, -0.2) is 24.6 Å². The summed E-state index contributed by atoms with van der Waals surface area (Å²) in [6.07, 6.45) is -0.327. The van der Waals surface area contributed by atoms with Crippen molar-refractivity contribution >= 4 is 12.0 Å². The first-order valence-electron chi connectivity index (χ1n) is 9.58. The van der Waals surface area contributed by atoms with E-state index < -0.39 is 18.0 Å². The molecule has 0 fully saturated rings. The first kappa shape index (κ1) is 18.7. The van der Waals surface area contributed by atoms with Gasteiger partial charge in [-0.05, 0) is 27.8 Å². The largest absolute Gasteiger partial charge is 0.449 e. The van der Waals surface area contributed by atoms with Gasteiger partial charge in [-0.1, -0.05) is 78.9 Å². The van der Waals surface area contributed by atoms with Crippen LogP contribution in [-0.2, 0) is 16.0 Å². The molecule has 0 heterocycles.